The van der Waals surface area contributed by atoms with Crippen molar-refractivity contribution in [3.05, 3.63) is 85.1 Å². The van der Waals surface area contributed by atoms with Crippen LogP contribution < -0.4 is 15.4 Å². The second-order valence-corrected chi connectivity index (χ2v) is 7.35. The van der Waals surface area contributed by atoms with Crippen LogP contribution in [0.2, 0.25) is 5.02 Å². The minimum atomic E-state index is -0.300. The molecule has 0 bridgehead atoms. The minimum Gasteiger partial charge on any atom is -0.456 e. The van der Waals surface area contributed by atoms with Gasteiger partial charge in [0.05, 0.1) is 10.5 Å². The molecule has 0 radical (unpaired) electrons. The Labute approximate surface area is 192 Å². The maximum atomic E-state index is 11.6. The normalized spacial score (nSPS) is 10.8. The summed E-state index contributed by atoms with van der Waals surface area (Å²) in [5.74, 6) is 1.35. The smallest absolute Gasteiger partial charge is 0.247 e. The van der Waals surface area contributed by atoms with Crippen LogP contribution in [-0.4, -0.2) is 30.5 Å². The predicted molar refractivity (Wildman–Crippen MR) is 126 cm³/mol. The SMILES string of the molecule is C=CC(=O)Nc1ccc2ncnc(Nc3ccc(Oc4ccn5ncnc5c4)c(Cl)c3)c2c1. The first kappa shape index (κ1) is 20.4. The highest BCUT2D eigenvalue weighted by molar-refractivity contribution is 6.32. The number of halogens is 1. The van der Waals surface area contributed by atoms with Gasteiger partial charge in [0.15, 0.2) is 5.65 Å². The molecule has 2 N–H and O–H groups in total. The molecule has 3 heterocycles. The van der Waals surface area contributed by atoms with Gasteiger partial charge in [-0.3, -0.25) is 4.79 Å². The number of carbonyl (C=O) groups excluding carboxylic acids is 1. The molecule has 0 atom stereocenters. The van der Waals surface area contributed by atoms with Crippen LogP contribution in [0.1, 0.15) is 0 Å². The topological polar surface area (TPSA) is 106 Å². The molecule has 1 amide bonds. The highest BCUT2D eigenvalue weighted by Gasteiger charge is 2.10. The summed E-state index contributed by atoms with van der Waals surface area (Å²) in [4.78, 5) is 24.4. The molecule has 0 saturated heterocycles. The fourth-order valence-electron chi connectivity index (χ4n) is 3.21. The molecule has 0 aliphatic heterocycles. The van der Waals surface area contributed by atoms with E-state index in [1.165, 1.54) is 18.7 Å². The molecule has 0 spiro atoms. The third kappa shape index (κ3) is 4.30. The molecule has 9 nitrogen and oxygen atoms in total. The Kier molecular flexibility index (Phi) is 5.29. The number of aromatic nitrogens is 5. The molecule has 33 heavy (non-hydrogen) atoms. The van der Waals surface area contributed by atoms with Crippen LogP contribution in [0.3, 0.4) is 0 Å². The number of rotatable bonds is 6. The van der Waals surface area contributed by atoms with Gasteiger partial charge in [0.25, 0.3) is 0 Å². The first-order chi connectivity index (χ1) is 16.1. The van der Waals surface area contributed by atoms with Crippen molar-refractivity contribution in [1.82, 2.24) is 24.6 Å². The molecule has 162 valence electrons. The van der Waals surface area contributed by atoms with Gasteiger partial charge in [-0.25, -0.2) is 19.5 Å². The quantitative estimate of drug-likeness (QED) is 0.346. The number of hydrogen-bond acceptors (Lipinski definition) is 7. The van der Waals surface area contributed by atoms with Crippen molar-refractivity contribution < 1.29 is 9.53 Å². The van der Waals surface area contributed by atoms with Crippen molar-refractivity contribution in [2.24, 2.45) is 0 Å². The zero-order valence-electron chi connectivity index (χ0n) is 17.1. The van der Waals surface area contributed by atoms with E-state index in [1.807, 2.05) is 6.07 Å². The number of fused-ring (bicyclic) bond motifs is 2. The summed E-state index contributed by atoms with van der Waals surface area (Å²) in [7, 11) is 0. The van der Waals surface area contributed by atoms with Crippen LogP contribution in [0.5, 0.6) is 11.5 Å². The second-order valence-electron chi connectivity index (χ2n) is 6.95. The van der Waals surface area contributed by atoms with Gasteiger partial charge in [0.1, 0.15) is 30.0 Å². The van der Waals surface area contributed by atoms with E-state index in [0.717, 1.165) is 10.9 Å². The van der Waals surface area contributed by atoms with E-state index in [4.69, 9.17) is 16.3 Å². The average molecular weight is 458 g/mol. The number of amides is 1. The predicted octanol–water partition coefficient (Wildman–Crippen LogP) is 4.99. The van der Waals surface area contributed by atoms with Crippen LogP contribution in [-0.2, 0) is 4.79 Å². The molecule has 3 aromatic heterocycles. The van der Waals surface area contributed by atoms with E-state index in [2.05, 4.69) is 37.3 Å². The van der Waals surface area contributed by atoms with Crippen molar-refractivity contribution in [2.75, 3.05) is 10.6 Å². The Bertz CT molecular complexity index is 1520. The lowest BCUT2D eigenvalue weighted by atomic mass is 10.2. The summed E-state index contributed by atoms with van der Waals surface area (Å²) in [6, 6.07) is 14.2. The van der Waals surface area contributed by atoms with Crippen molar-refractivity contribution >= 4 is 51.3 Å². The van der Waals surface area contributed by atoms with Gasteiger partial charge in [0.2, 0.25) is 5.91 Å². The van der Waals surface area contributed by atoms with Gasteiger partial charge in [-0.15, -0.1) is 0 Å². The van der Waals surface area contributed by atoms with Gasteiger partial charge in [-0.2, -0.15) is 5.10 Å². The van der Waals surface area contributed by atoms with E-state index < -0.39 is 0 Å². The van der Waals surface area contributed by atoms with E-state index >= 15 is 0 Å². The Morgan fingerprint density at radius 1 is 1.03 bits per heavy atom. The van der Waals surface area contributed by atoms with Crippen LogP contribution >= 0.6 is 11.6 Å². The molecule has 0 unspecified atom stereocenters. The Morgan fingerprint density at radius 2 is 1.91 bits per heavy atom. The zero-order valence-corrected chi connectivity index (χ0v) is 17.8. The maximum absolute atomic E-state index is 11.6. The lowest BCUT2D eigenvalue weighted by Gasteiger charge is -2.12. The van der Waals surface area contributed by atoms with Gasteiger partial charge in [-0.1, -0.05) is 18.2 Å². The number of nitrogens with zero attached hydrogens (tertiary/aromatic N) is 5. The number of nitrogens with one attached hydrogen (secondary N) is 2. The van der Waals surface area contributed by atoms with Crippen LogP contribution in [0.25, 0.3) is 16.6 Å². The van der Waals surface area contributed by atoms with E-state index in [-0.39, 0.29) is 5.91 Å². The summed E-state index contributed by atoms with van der Waals surface area (Å²) in [5.41, 5.74) is 2.71. The molecule has 5 aromatic rings. The average Bonchev–Trinajstić information content (AvgIpc) is 3.29. The Balaban J connectivity index is 1.40. The van der Waals surface area contributed by atoms with Crippen molar-refractivity contribution in [1.29, 1.82) is 0 Å². The van der Waals surface area contributed by atoms with Crippen molar-refractivity contribution in [2.45, 2.75) is 0 Å². The highest BCUT2D eigenvalue weighted by Crippen LogP contribution is 2.33. The van der Waals surface area contributed by atoms with Gasteiger partial charge < -0.3 is 15.4 Å². The first-order valence-corrected chi connectivity index (χ1v) is 10.2. The monoisotopic (exact) mass is 457 g/mol. The van der Waals surface area contributed by atoms with Gasteiger partial charge in [0, 0.05) is 29.0 Å². The van der Waals surface area contributed by atoms with Crippen LogP contribution in [0.15, 0.2) is 80.0 Å². The number of benzene rings is 2. The number of pyridine rings is 1. The molecule has 0 fully saturated rings. The second kappa shape index (κ2) is 8.56. The molecule has 5 rings (SSSR count). The summed E-state index contributed by atoms with van der Waals surface area (Å²) in [6.45, 7) is 3.47. The van der Waals surface area contributed by atoms with Gasteiger partial charge in [-0.05, 0) is 48.5 Å². The molecule has 0 saturated carbocycles. The first-order valence-electron chi connectivity index (χ1n) is 9.81. The van der Waals surface area contributed by atoms with Gasteiger partial charge >= 0.3 is 0 Å². The summed E-state index contributed by atoms with van der Waals surface area (Å²) >= 11 is 6.47. The Hall–Kier alpha value is -4.50. The molecule has 2 aromatic carbocycles. The Morgan fingerprint density at radius 3 is 2.76 bits per heavy atom. The standard InChI is InChI=1S/C23H16ClN7O2/c1-2-22(32)29-14-3-5-19-17(9-14)23(27-12-25-19)30-15-4-6-20(18(24)10-15)33-16-7-8-31-21(11-16)26-13-28-31/h2-13H,1H2,(H,29,32)(H,25,27,30). The summed E-state index contributed by atoms with van der Waals surface area (Å²) < 4.78 is 7.55. The summed E-state index contributed by atoms with van der Waals surface area (Å²) in [6.07, 6.45) is 5.90. The van der Waals surface area contributed by atoms with Crippen molar-refractivity contribution in [3.63, 3.8) is 0 Å². The number of ether oxygens (including phenoxy) is 1. The summed E-state index contributed by atoms with van der Waals surface area (Å²) in [5, 5.41) is 11.2. The zero-order chi connectivity index (χ0) is 22.8. The van der Waals surface area contributed by atoms with E-state index in [9.17, 15) is 4.79 Å². The molecule has 10 heteroatoms. The number of hydrogen-bond donors (Lipinski definition) is 2. The minimum absolute atomic E-state index is 0.300. The molecule has 0 aliphatic rings. The largest absolute Gasteiger partial charge is 0.456 e. The third-order valence-corrected chi connectivity index (χ3v) is 5.06. The fourth-order valence-corrected chi connectivity index (χ4v) is 3.43. The van der Waals surface area contributed by atoms with Crippen LogP contribution in [0, 0.1) is 0 Å². The van der Waals surface area contributed by atoms with Crippen LogP contribution in [0.4, 0.5) is 17.2 Å². The maximum Gasteiger partial charge on any atom is 0.247 e. The van der Waals surface area contributed by atoms with E-state index in [1.54, 1.807) is 53.2 Å². The lowest BCUT2D eigenvalue weighted by molar-refractivity contribution is -0.111. The number of anilines is 3. The molecule has 0 aliphatic carbocycles. The third-order valence-electron chi connectivity index (χ3n) is 4.76. The molecular formula is C23H16ClN7O2. The molecular weight excluding hydrogens is 442 g/mol. The fraction of sp³-hybridized carbons (Fsp3) is 0. The van der Waals surface area contributed by atoms with E-state index in [0.29, 0.717) is 39.4 Å². The van der Waals surface area contributed by atoms with Crippen molar-refractivity contribution in [3.8, 4) is 11.5 Å². The lowest BCUT2D eigenvalue weighted by Crippen LogP contribution is -2.07. The number of carbonyl (C=O) groups is 1. The highest BCUT2D eigenvalue weighted by atomic mass is 35.5.